The summed E-state index contributed by atoms with van der Waals surface area (Å²) in [5, 5.41) is 0. The van der Waals surface area contributed by atoms with Crippen molar-refractivity contribution in [2.24, 2.45) is 5.84 Å². The normalized spacial score (nSPS) is 14.0. The van der Waals surface area contributed by atoms with E-state index in [1.165, 1.54) is 0 Å². The molecule has 2 unspecified atom stereocenters. The lowest BCUT2D eigenvalue weighted by Gasteiger charge is -2.35. The predicted molar refractivity (Wildman–Crippen MR) is 81.4 cm³/mol. The van der Waals surface area contributed by atoms with Gasteiger partial charge in [-0.25, -0.2) is 5.84 Å². The third kappa shape index (κ3) is 5.09. The van der Waals surface area contributed by atoms with Crippen molar-refractivity contribution in [1.82, 2.24) is 10.3 Å². The summed E-state index contributed by atoms with van der Waals surface area (Å²) >= 11 is 0. The van der Waals surface area contributed by atoms with Crippen molar-refractivity contribution in [3.8, 4) is 0 Å². The molecule has 1 amide bonds. The van der Waals surface area contributed by atoms with E-state index < -0.39 is 6.04 Å². The molecule has 1 aromatic rings. The number of nitrogens with zero attached hydrogens (tertiary/aromatic N) is 1. The molecule has 0 fully saturated rings. The van der Waals surface area contributed by atoms with Gasteiger partial charge in [0.05, 0.1) is 13.2 Å². The van der Waals surface area contributed by atoms with Crippen LogP contribution in [0.25, 0.3) is 0 Å². The monoisotopic (exact) mass is 295 g/mol. The van der Waals surface area contributed by atoms with Crippen LogP contribution in [-0.4, -0.2) is 50.8 Å². The fourth-order valence-corrected chi connectivity index (χ4v) is 2.35. The molecule has 3 N–H and O–H groups in total. The second-order valence-electron chi connectivity index (χ2n) is 4.86. The first-order valence-electron chi connectivity index (χ1n) is 6.94. The Balaban J connectivity index is 3.07. The minimum absolute atomic E-state index is 0.0488. The minimum atomic E-state index is -0.475. The molecule has 0 saturated carbocycles. The van der Waals surface area contributed by atoms with Crippen LogP contribution in [0.5, 0.6) is 0 Å². The van der Waals surface area contributed by atoms with Crippen molar-refractivity contribution in [3.05, 3.63) is 35.9 Å². The summed E-state index contributed by atoms with van der Waals surface area (Å²) in [7, 11) is 3.28. The number of benzene rings is 1. The van der Waals surface area contributed by atoms with Crippen LogP contribution in [0.1, 0.15) is 18.5 Å². The Morgan fingerprint density at radius 2 is 1.95 bits per heavy atom. The molecule has 118 valence electrons. The van der Waals surface area contributed by atoms with E-state index >= 15 is 0 Å². The third-order valence-corrected chi connectivity index (χ3v) is 3.37. The van der Waals surface area contributed by atoms with Crippen LogP contribution in [0.2, 0.25) is 0 Å². The molecular weight excluding hydrogens is 270 g/mol. The molecule has 0 radical (unpaired) electrons. The van der Waals surface area contributed by atoms with Gasteiger partial charge in [0.15, 0.2) is 0 Å². The van der Waals surface area contributed by atoms with Gasteiger partial charge in [-0.05, 0) is 12.5 Å². The molecule has 21 heavy (non-hydrogen) atoms. The van der Waals surface area contributed by atoms with Crippen molar-refractivity contribution < 1.29 is 14.3 Å². The number of ether oxygens (including phenoxy) is 2. The number of carbonyl (C=O) groups excluding carboxylic acids is 1. The minimum Gasteiger partial charge on any atom is -0.383 e. The SMILES string of the molecule is COCCN(C(C)COC)C(C(=O)NN)c1ccccc1. The number of hydrogen-bond donors (Lipinski definition) is 2. The van der Waals surface area contributed by atoms with Gasteiger partial charge in [-0.1, -0.05) is 30.3 Å². The van der Waals surface area contributed by atoms with Crippen LogP contribution in [-0.2, 0) is 14.3 Å². The lowest BCUT2D eigenvalue weighted by molar-refractivity contribution is -0.128. The fraction of sp³-hybridized carbons (Fsp3) is 0.533. The van der Waals surface area contributed by atoms with E-state index in [-0.39, 0.29) is 11.9 Å². The van der Waals surface area contributed by atoms with Crippen LogP contribution in [0.15, 0.2) is 30.3 Å². The summed E-state index contributed by atoms with van der Waals surface area (Å²) in [4.78, 5) is 14.3. The first kappa shape index (κ1) is 17.6. The quantitative estimate of drug-likeness (QED) is 0.398. The highest BCUT2D eigenvalue weighted by Crippen LogP contribution is 2.23. The summed E-state index contributed by atoms with van der Waals surface area (Å²) in [6, 6.07) is 9.13. The average molecular weight is 295 g/mol. The lowest BCUT2D eigenvalue weighted by atomic mass is 10.0. The molecule has 0 aliphatic carbocycles. The van der Waals surface area contributed by atoms with Crippen LogP contribution in [0.3, 0.4) is 0 Å². The highest BCUT2D eigenvalue weighted by Gasteiger charge is 2.30. The third-order valence-electron chi connectivity index (χ3n) is 3.37. The molecule has 2 atom stereocenters. The molecule has 6 nitrogen and oxygen atoms in total. The van der Waals surface area contributed by atoms with E-state index in [4.69, 9.17) is 15.3 Å². The van der Waals surface area contributed by atoms with E-state index in [2.05, 4.69) is 5.43 Å². The Morgan fingerprint density at radius 1 is 1.29 bits per heavy atom. The van der Waals surface area contributed by atoms with E-state index in [0.717, 1.165) is 5.56 Å². The zero-order chi connectivity index (χ0) is 15.7. The summed E-state index contributed by atoms with van der Waals surface area (Å²) in [5.41, 5.74) is 3.14. The van der Waals surface area contributed by atoms with E-state index in [1.807, 2.05) is 42.2 Å². The maximum Gasteiger partial charge on any atom is 0.255 e. The Bertz CT molecular complexity index is 414. The van der Waals surface area contributed by atoms with E-state index in [9.17, 15) is 4.79 Å². The molecule has 0 aliphatic heterocycles. The van der Waals surface area contributed by atoms with Gasteiger partial charge in [0, 0.05) is 26.8 Å². The summed E-state index contributed by atoms with van der Waals surface area (Å²) in [6.45, 7) is 3.66. The summed E-state index contributed by atoms with van der Waals surface area (Å²) < 4.78 is 10.4. The molecule has 1 aromatic carbocycles. The Hall–Kier alpha value is -1.47. The molecular formula is C15H25N3O3. The number of nitrogens with two attached hydrogens (primary N) is 1. The van der Waals surface area contributed by atoms with Crippen LogP contribution in [0, 0.1) is 0 Å². The maximum absolute atomic E-state index is 12.3. The van der Waals surface area contributed by atoms with Crippen LogP contribution >= 0.6 is 0 Å². The van der Waals surface area contributed by atoms with Gasteiger partial charge < -0.3 is 9.47 Å². The maximum atomic E-state index is 12.3. The van der Waals surface area contributed by atoms with Gasteiger partial charge >= 0.3 is 0 Å². The largest absolute Gasteiger partial charge is 0.383 e. The van der Waals surface area contributed by atoms with E-state index in [1.54, 1.807) is 14.2 Å². The second kappa shape index (κ2) is 9.46. The molecule has 0 heterocycles. The van der Waals surface area contributed by atoms with Crippen molar-refractivity contribution in [2.75, 3.05) is 34.0 Å². The summed E-state index contributed by atoms with van der Waals surface area (Å²) in [6.07, 6.45) is 0. The lowest BCUT2D eigenvalue weighted by Crippen LogP contribution is -2.48. The Morgan fingerprint density at radius 3 is 2.48 bits per heavy atom. The van der Waals surface area contributed by atoms with Gasteiger partial charge in [0.1, 0.15) is 6.04 Å². The molecule has 0 aliphatic rings. The topological polar surface area (TPSA) is 76.8 Å². The number of hydrazine groups is 1. The van der Waals surface area contributed by atoms with Crippen molar-refractivity contribution in [2.45, 2.75) is 19.0 Å². The van der Waals surface area contributed by atoms with Crippen LogP contribution < -0.4 is 11.3 Å². The Kier molecular flexibility index (Phi) is 7.92. The van der Waals surface area contributed by atoms with Gasteiger partial charge in [-0.15, -0.1) is 0 Å². The first-order chi connectivity index (χ1) is 10.2. The van der Waals surface area contributed by atoms with Crippen LogP contribution in [0.4, 0.5) is 0 Å². The zero-order valence-corrected chi connectivity index (χ0v) is 12.9. The number of carbonyl (C=O) groups is 1. The highest BCUT2D eigenvalue weighted by atomic mass is 16.5. The second-order valence-corrected chi connectivity index (χ2v) is 4.86. The van der Waals surface area contributed by atoms with Crippen molar-refractivity contribution in [3.63, 3.8) is 0 Å². The van der Waals surface area contributed by atoms with Crippen molar-refractivity contribution in [1.29, 1.82) is 0 Å². The standard InChI is InChI=1S/C15H25N3O3/c1-12(11-21-3)18(9-10-20-2)14(15(19)17-16)13-7-5-4-6-8-13/h4-8,12,14H,9-11,16H2,1-3H3,(H,17,19). The van der Waals surface area contributed by atoms with Gasteiger partial charge in [-0.3, -0.25) is 15.1 Å². The highest BCUT2D eigenvalue weighted by molar-refractivity contribution is 5.82. The number of nitrogens with one attached hydrogen (secondary N) is 1. The number of methoxy groups -OCH3 is 2. The molecule has 0 bridgehead atoms. The average Bonchev–Trinajstić information content (AvgIpc) is 2.51. The molecule has 0 saturated heterocycles. The smallest absolute Gasteiger partial charge is 0.255 e. The molecule has 0 aromatic heterocycles. The summed E-state index contributed by atoms with van der Waals surface area (Å²) in [5.74, 6) is 5.11. The number of rotatable bonds is 9. The number of amides is 1. The van der Waals surface area contributed by atoms with E-state index in [0.29, 0.717) is 19.8 Å². The first-order valence-corrected chi connectivity index (χ1v) is 6.94. The number of hydrogen-bond acceptors (Lipinski definition) is 5. The fourth-order valence-electron chi connectivity index (χ4n) is 2.35. The zero-order valence-electron chi connectivity index (χ0n) is 12.9. The van der Waals surface area contributed by atoms with Gasteiger partial charge in [-0.2, -0.15) is 0 Å². The Labute approximate surface area is 126 Å². The molecule has 1 rings (SSSR count). The van der Waals surface area contributed by atoms with Gasteiger partial charge in [0.25, 0.3) is 5.91 Å². The molecule has 0 spiro atoms. The van der Waals surface area contributed by atoms with Gasteiger partial charge in [0.2, 0.25) is 0 Å². The van der Waals surface area contributed by atoms with Crippen molar-refractivity contribution >= 4 is 5.91 Å². The molecule has 6 heteroatoms. The predicted octanol–water partition coefficient (Wildman–Crippen LogP) is 0.701.